The number of halogens is 1. The fourth-order valence-corrected chi connectivity index (χ4v) is 3.13. The zero-order valence-corrected chi connectivity index (χ0v) is 11.2. The Bertz CT molecular complexity index is 596. The molecule has 1 aromatic carbocycles. The monoisotopic (exact) mass is 278 g/mol. The second-order valence-electron chi connectivity index (χ2n) is 4.10. The number of carbonyl (C=O) groups is 1. The number of hydrogen-bond acceptors (Lipinski definition) is 4. The van der Waals surface area contributed by atoms with Gasteiger partial charge in [0.15, 0.2) is 10.9 Å². The molecule has 1 aromatic heterocycles. The van der Waals surface area contributed by atoms with Crippen molar-refractivity contribution in [3.05, 3.63) is 40.9 Å². The van der Waals surface area contributed by atoms with Crippen LogP contribution in [-0.2, 0) is 6.42 Å². The second kappa shape index (κ2) is 4.71. The lowest BCUT2D eigenvalue weighted by Gasteiger charge is -2.15. The summed E-state index contributed by atoms with van der Waals surface area (Å²) in [7, 11) is 0. The molecule has 0 fully saturated rings. The summed E-state index contributed by atoms with van der Waals surface area (Å²) in [6, 6.07) is 8.29. The van der Waals surface area contributed by atoms with Gasteiger partial charge < -0.3 is 4.90 Å². The van der Waals surface area contributed by atoms with Crippen LogP contribution < -0.4 is 4.90 Å². The highest BCUT2D eigenvalue weighted by molar-refractivity contribution is 7.14. The third-order valence-corrected chi connectivity index (χ3v) is 4.12. The van der Waals surface area contributed by atoms with Gasteiger partial charge in [0.1, 0.15) is 5.69 Å². The highest BCUT2D eigenvalue weighted by Crippen LogP contribution is 2.35. The van der Waals surface area contributed by atoms with Crippen LogP contribution in [0.15, 0.2) is 29.6 Å². The summed E-state index contributed by atoms with van der Waals surface area (Å²) in [6.45, 7) is 0.918. The maximum Gasteiger partial charge on any atom is 0.196 e. The van der Waals surface area contributed by atoms with Crippen LogP contribution in [-0.4, -0.2) is 23.2 Å². The summed E-state index contributed by atoms with van der Waals surface area (Å²) >= 11 is 7.03. The van der Waals surface area contributed by atoms with E-state index in [4.69, 9.17) is 11.6 Å². The molecule has 0 spiro atoms. The van der Waals surface area contributed by atoms with Gasteiger partial charge in [0.25, 0.3) is 0 Å². The first kappa shape index (κ1) is 11.7. The lowest BCUT2D eigenvalue weighted by atomic mass is 10.2. The first-order valence-corrected chi connectivity index (χ1v) is 7.11. The number of nitrogens with zero attached hydrogens (tertiary/aromatic N) is 2. The number of benzene rings is 1. The Morgan fingerprint density at radius 1 is 1.44 bits per heavy atom. The van der Waals surface area contributed by atoms with Gasteiger partial charge in [-0.15, -0.1) is 22.9 Å². The predicted molar refractivity (Wildman–Crippen MR) is 74.3 cm³/mol. The van der Waals surface area contributed by atoms with E-state index in [1.807, 2.05) is 12.1 Å². The molecule has 92 valence electrons. The average Bonchev–Trinajstić information content (AvgIpc) is 3.03. The predicted octanol–water partition coefficient (Wildman–Crippen LogP) is 3.26. The topological polar surface area (TPSA) is 33.2 Å². The Hall–Kier alpha value is -1.39. The third kappa shape index (κ3) is 1.91. The van der Waals surface area contributed by atoms with E-state index in [1.165, 1.54) is 22.6 Å². The van der Waals surface area contributed by atoms with Crippen LogP contribution in [0.5, 0.6) is 0 Å². The standard InChI is InChI=1S/C13H11ClN2OS/c14-7-12(17)10-8-18-13(15-10)16-6-5-9-3-1-2-4-11(9)16/h1-4,8H,5-7H2. The van der Waals surface area contributed by atoms with E-state index >= 15 is 0 Å². The van der Waals surface area contributed by atoms with Crippen LogP contribution in [0.1, 0.15) is 16.1 Å². The minimum absolute atomic E-state index is 0.0141. The molecule has 0 aliphatic carbocycles. The number of carbonyl (C=O) groups excluding carboxylic acids is 1. The molecule has 2 heterocycles. The van der Waals surface area contributed by atoms with Gasteiger partial charge in [-0.25, -0.2) is 4.98 Å². The number of Topliss-reactive ketones (excluding diaryl/α,β-unsaturated/α-hetero) is 1. The van der Waals surface area contributed by atoms with E-state index in [2.05, 4.69) is 22.0 Å². The van der Waals surface area contributed by atoms with Gasteiger partial charge in [-0.1, -0.05) is 18.2 Å². The summed E-state index contributed by atoms with van der Waals surface area (Å²) in [5.74, 6) is -0.133. The molecule has 0 radical (unpaired) electrons. The molecule has 0 saturated carbocycles. The molecule has 0 amide bonds. The van der Waals surface area contributed by atoms with E-state index in [-0.39, 0.29) is 11.7 Å². The van der Waals surface area contributed by atoms with E-state index in [1.54, 1.807) is 5.38 Å². The first-order valence-electron chi connectivity index (χ1n) is 5.69. The van der Waals surface area contributed by atoms with E-state index in [0.29, 0.717) is 5.69 Å². The molecule has 0 atom stereocenters. The number of aromatic nitrogens is 1. The molecular weight excluding hydrogens is 268 g/mol. The summed E-state index contributed by atoms with van der Waals surface area (Å²) in [5, 5.41) is 2.65. The van der Waals surface area contributed by atoms with Gasteiger partial charge in [0.2, 0.25) is 0 Å². The van der Waals surface area contributed by atoms with Crippen LogP contribution in [0, 0.1) is 0 Å². The van der Waals surface area contributed by atoms with Crippen LogP contribution in [0.2, 0.25) is 0 Å². The van der Waals surface area contributed by atoms with E-state index in [9.17, 15) is 4.79 Å². The van der Waals surface area contributed by atoms with Crippen molar-refractivity contribution in [3.8, 4) is 0 Å². The van der Waals surface area contributed by atoms with E-state index < -0.39 is 0 Å². The van der Waals surface area contributed by atoms with Crippen molar-refractivity contribution < 1.29 is 4.79 Å². The fourth-order valence-electron chi connectivity index (χ4n) is 2.12. The van der Waals surface area contributed by atoms with Gasteiger partial charge in [-0.05, 0) is 18.1 Å². The van der Waals surface area contributed by atoms with Crippen LogP contribution in [0.25, 0.3) is 0 Å². The van der Waals surface area contributed by atoms with Crippen LogP contribution in [0.3, 0.4) is 0 Å². The molecule has 0 N–H and O–H groups in total. The summed E-state index contributed by atoms with van der Waals surface area (Å²) in [4.78, 5) is 18.0. The smallest absolute Gasteiger partial charge is 0.196 e. The third-order valence-electron chi connectivity index (χ3n) is 3.02. The summed E-state index contributed by atoms with van der Waals surface area (Å²) < 4.78 is 0. The lowest BCUT2D eigenvalue weighted by Crippen LogP contribution is -2.13. The zero-order valence-electron chi connectivity index (χ0n) is 9.60. The zero-order chi connectivity index (χ0) is 12.5. The molecule has 2 aromatic rings. The van der Waals surface area contributed by atoms with E-state index in [0.717, 1.165) is 18.1 Å². The highest BCUT2D eigenvalue weighted by atomic mass is 35.5. The minimum atomic E-state index is -0.119. The first-order chi connectivity index (χ1) is 8.79. The van der Waals surface area contributed by atoms with Crippen molar-refractivity contribution in [1.82, 2.24) is 4.98 Å². The number of fused-ring (bicyclic) bond motifs is 1. The van der Waals surface area contributed by atoms with Crippen LogP contribution >= 0.6 is 22.9 Å². The van der Waals surface area contributed by atoms with Crippen molar-refractivity contribution in [2.24, 2.45) is 0 Å². The maximum absolute atomic E-state index is 11.5. The van der Waals surface area contributed by atoms with Crippen molar-refractivity contribution in [2.45, 2.75) is 6.42 Å². The number of thiazole rings is 1. The van der Waals surface area contributed by atoms with Gasteiger partial charge in [0.05, 0.1) is 5.88 Å². The van der Waals surface area contributed by atoms with Crippen LogP contribution in [0.4, 0.5) is 10.8 Å². The number of ketones is 1. The molecule has 1 aliphatic heterocycles. The molecule has 0 unspecified atom stereocenters. The SMILES string of the molecule is O=C(CCl)c1csc(N2CCc3ccccc32)n1. The Kier molecular flexibility index (Phi) is 3.06. The van der Waals surface area contributed by atoms with Gasteiger partial charge in [-0.2, -0.15) is 0 Å². The molecule has 0 bridgehead atoms. The van der Waals surface area contributed by atoms with Gasteiger partial charge >= 0.3 is 0 Å². The molecule has 18 heavy (non-hydrogen) atoms. The van der Waals surface area contributed by atoms with Gasteiger partial charge in [0, 0.05) is 17.6 Å². The molecule has 1 aliphatic rings. The van der Waals surface area contributed by atoms with Crippen molar-refractivity contribution in [1.29, 1.82) is 0 Å². The quantitative estimate of drug-likeness (QED) is 0.638. The summed E-state index contributed by atoms with van der Waals surface area (Å²) in [5.41, 5.74) is 2.99. The number of anilines is 2. The average molecular weight is 279 g/mol. The summed E-state index contributed by atoms with van der Waals surface area (Å²) in [6.07, 6.45) is 1.02. The molecule has 3 rings (SSSR count). The number of alkyl halides is 1. The Balaban J connectivity index is 1.93. The van der Waals surface area contributed by atoms with Crippen molar-refractivity contribution in [3.63, 3.8) is 0 Å². The maximum atomic E-state index is 11.5. The van der Waals surface area contributed by atoms with Crippen molar-refractivity contribution in [2.75, 3.05) is 17.3 Å². The number of para-hydroxylation sites is 1. The molecule has 0 saturated heterocycles. The second-order valence-corrected chi connectivity index (χ2v) is 5.21. The number of rotatable bonds is 3. The van der Waals surface area contributed by atoms with Gasteiger partial charge in [-0.3, -0.25) is 4.79 Å². The Labute approximate surface area is 114 Å². The highest BCUT2D eigenvalue weighted by Gasteiger charge is 2.22. The Morgan fingerprint density at radius 2 is 2.28 bits per heavy atom. The lowest BCUT2D eigenvalue weighted by molar-refractivity contribution is 0.101. The Morgan fingerprint density at radius 3 is 3.11 bits per heavy atom. The molecule has 5 heteroatoms. The molecular formula is C13H11ClN2OS. The largest absolute Gasteiger partial charge is 0.317 e. The minimum Gasteiger partial charge on any atom is -0.317 e. The normalized spacial score (nSPS) is 13.7. The van der Waals surface area contributed by atoms with Crippen molar-refractivity contribution >= 4 is 39.5 Å². The number of hydrogen-bond donors (Lipinski definition) is 0. The fraction of sp³-hybridized carbons (Fsp3) is 0.231. The molecule has 3 nitrogen and oxygen atoms in total.